The summed E-state index contributed by atoms with van der Waals surface area (Å²) in [5.74, 6) is -0.574. The number of ether oxygens (including phenoxy) is 1. The van der Waals surface area contributed by atoms with E-state index in [1.165, 1.54) is 35.6 Å². The molecule has 0 unspecified atom stereocenters. The lowest BCUT2D eigenvalue weighted by Crippen LogP contribution is -2.24. The van der Waals surface area contributed by atoms with E-state index in [9.17, 15) is 13.2 Å². The Hall–Kier alpha value is -2.44. The molecular weight excluding hydrogens is 420 g/mol. The highest BCUT2D eigenvalue weighted by Gasteiger charge is 2.16. The van der Waals surface area contributed by atoms with E-state index in [2.05, 4.69) is 4.72 Å². The number of hydrogen-bond donors (Lipinski definition) is 1. The predicted molar refractivity (Wildman–Crippen MR) is 108 cm³/mol. The molecule has 0 amide bonds. The molecular formula is C19H15ClN2O4S2. The van der Waals surface area contributed by atoms with Crippen molar-refractivity contribution >= 4 is 49.0 Å². The van der Waals surface area contributed by atoms with Gasteiger partial charge in [-0.05, 0) is 30.3 Å². The minimum Gasteiger partial charge on any atom is -0.456 e. The van der Waals surface area contributed by atoms with Crippen molar-refractivity contribution in [3.63, 3.8) is 0 Å². The SMILES string of the molecule is N#CCCNS(=O)(=O)c1ccc(C(=O)OCc2sc3ccccc3c2Cl)cc1. The Bertz CT molecular complexity index is 1150. The van der Waals surface area contributed by atoms with Gasteiger partial charge in [0, 0.05) is 23.1 Å². The fraction of sp³-hybridized carbons (Fsp3) is 0.158. The number of carbonyl (C=O) groups excluding carboxylic acids is 1. The van der Waals surface area contributed by atoms with Crippen molar-refractivity contribution in [3.05, 3.63) is 64.0 Å². The zero-order valence-electron chi connectivity index (χ0n) is 14.5. The molecule has 2 aromatic carbocycles. The van der Waals surface area contributed by atoms with Crippen molar-refractivity contribution in [1.82, 2.24) is 4.72 Å². The number of nitrogens with one attached hydrogen (secondary N) is 1. The van der Waals surface area contributed by atoms with Gasteiger partial charge in [0.1, 0.15) is 6.61 Å². The van der Waals surface area contributed by atoms with Crippen LogP contribution in [0.1, 0.15) is 21.7 Å². The number of fused-ring (bicyclic) bond motifs is 1. The van der Waals surface area contributed by atoms with Gasteiger partial charge < -0.3 is 4.74 Å². The summed E-state index contributed by atoms with van der Waals surface area (Å²) in [4.78, 5) is 13.0. The van der Waals surface area contributed by atoms with Crippen LogP contribution in [0.3, 0.4) is 0 Å². The lowest BCUT2D eigenvalue weighted by Gasteiger charge is -2.07. The highest BCUT2D eigenvalue weighted by atomic mass is 35.5. The van der Waals surface area contributed by atoms with Crippen LogP contribution < -0.4 is 4.72 Å². The second kappa shape index (κ2) is 8.71. The van der Waals surface area contributed by atoms with Crippen molar-refractivity contribution in [3.8, 4) is 6.07 Å². The van der Waals surface area contributed by atoms with Crippen LogP contribution in [-0.4, -0.2) is 20.9 Å². The Morgan fingerprint density at radius 1 is 1.18 bits per heavy atom. The van der Waals surface area contributed by atoms with Crippen molar-refractivity contribution in [2.24, 2.45) is 0 Å². The van der Waals surface area contributed by atoms with Gasteiger partial charge >= 0.3 is 5.97 Å². The summed E-state index contributed by atoms with van der Waals surface area (Å²) < 4.78 is 32.8. The van der Waals surface area contributed by atoms with E-state index in [4.69, 9.17) is 21.6 Å². The molecule has 3 aromatic rings. The van der Waals surface area contributed by atoms with Gasteiger partial charge in [-0.1, -0.05) is 29.8 Å². The third-order valence-electron chi connectivity index (χ3n) is 3.87. The highest BCUT2D eigenvalue weighted by Crippen LogP contribution is 2.35. The number of benzene rings is 2. The van der Waals surface area contributed by atoms with Gasteiger partial charge in [0.2, 0.25) is 10.0 Å². The maximum atomic E-state index is 12.3. The van der Waals surface area contributed by atoms with Crippen LogP contribution >= 0.6 is 22.9 Å². The molecule has 0 radical (unpaired) electrons. The van der Waals surface area contributed by atoms with E-state index in [1.807, 2.05) is 30.3 Å². The Balaban J connectivity index is 1.66. The number of nitriles is 1. The van der Waals surface area contributed by atoms with Gasteiger partial charge in [-0.25, -0.2) is 17.9 Å². The molecule has 0 spiro atoms. The topological polar surface area (TPSA) is 96.3 Å². The minimum absolute atomic E-state index is 0.00883. The molecule has 1 heterocycles. The second-order valence-electron chi connectivity index (χ2n) is 5.74. The van der Waals surface area contributed by atoms with E-state index in [-0.39, 0.29) is 30.0 Å². The van der Waals surface area contributed by atoms with Crippen LogP contribution in [0.15, 0.2) is 53.4 Å². The van der Waals surface area contributed by atoms with E-state index >= 15 is 0 Å². The molecule has 0 saturated carbocycles. The summed E-state index contributed by atoms with van der Waals surface area (Å²) in [6.07, 6.45) is 0.0733. The van der Waals surface area contributed by atoms with Gasteiger partial charge in [0.25, 0.3) is 0 Å². The van der Waals surface area contributed by atoms with Crippen molar-refractivity contribution in [1.29, 1.82) is 5.26 Å². The summed E-state index contributed by atoms with van der Waals surface area (Å²) in [5.41, 5.74) is 0.230. The summed E-state index contributed by atoms with van der Waals surface area (Å²) >= 11 is 7.79. The van der Waals surface area contributed by atoms with Crippen molar-refractivity contribution in [2.45, 2.75) is 17.9 Å². The van der Waals surface area contributed by atoms with Crippen LogP contribution in [-0.2, 0) is 21.4 Å². The fourth-order valence-electron chi connectivity index (χ4n) is 2.47. The molecule has 1 aromatic heterocycles. The molecule has 0 saturated heterocycles. The lowest BCUT2D eigenvalue weighted by molar-refractivity contribution is 0.0477. The highest BCUT2D eigenvalue weighted by molar-refractivity contribution is 7.89. The second-order valence-corrected chi connectivity index (χ2v) is 9.02. The molecule has 0 fully saturated rings. The zero-order chi connectivity index (χ0) is 20.1. The average Bonchev–Trinajstić information content (AvgIpc) is 3.02. The van der Waals surface area contributed by atoms with E-state index in [0.29, 0.717) is 5.02 Å². The van der Waals surface area contributed by atoms with Crippen LogP contribution in [0, 0.1) is 11.3 Å². The van der Waals surface area contributed by atoms with Crippen LogP contribution in [0.25, 0.3) is 10.1 Å². The van der Waals surface area contributed by atoms with Crippen LogP contribution in [0.4, 0.5) is 0 Å². The molecule has 0 atom stereocenters. The Morgan fingerprint density at radius 3 is 2.57 bits per heavy atom. The quantitative estimate of drug-likeness (QED) is 0.446. The number of esters is 1. The van der Waals surface area contributed by atoms with Crippen molar-refractivity contribution in [2.75, 3.05) is 6.54 Å². The molecule has 3 rings (SSSR count). The predicted octanol–water partition coefficient (Wildman–Crippen LogP) is 4.10. The first-order chi connectivity index (χ1) is 13.4. The largest absolute Gasteiger partial charge is 0.456 e. The van der Waals surface area contributed by atoms with E-state index in [1.54, 1.807) is 0 Å². The minimum atomic E-state index is -3.72. The normalized spacial score (nSPS) is 11.3. The summed E-state index contributed by atoms with van der Waals surface area (Å²) in [6, 6.07) is 14.9. The fourth-order valence-corrected chi connectivity index (χ4v) is 4.90. The standard InChI is InChI=1S/C19H15ClN2O4S2/c20-18-15-4-1-2-5-16(15)27-17(18)12-26-19(23)13-6-8-14(9-7-13)28(24,25)22-11-3-10-21/h1-2,4-9,22H,3,11-12H2. The molecule has 1 N–H and O–H groups in total. The molecule has 0 aliphatic carbocycles. The summed E-state index contributed by atoms with van der Waals surface area (Å²) in [5, 5.41) is 9.96. The van der Waals surface area contributed by atoms with Gasteiger partial charge in [-0.2, -0.15) is 5.26 Å². The zero-order valence-corrected chi connectivity index (χ0v) is 16.9. The first-order valence-corrected chi connectivity index (χ1v) is 10.9. The number of thiophene rings is 1. The number of rotatable bonds is 7. The number of nitrogens with zero attached hydrogens (tertiary/aromatic N) is 1. The van der Waals surface area contributed by atoms with E-state index < -0.39 is 16.0 Å². The lowest BCUT2D eigenvalue weighted by atomic mass is 10.2. The van der Waals surface area contributed by atoms with E-state index in [0.717, 1.165) is 15.0 Å². The molecule has 0 aliphatic rings. The first-order valence-electron chi connectivity index (χ1n) is 8.22. The summed E-state index contributed by atoms with van der Waals surface area (Å²) in [7, 11) is -3.72. The Kier molecular flexibility index (Phi) is 6.31. The van der Waals surface area contributed by atoms with Crippen molar-refractivity contribution < 1.29 is 17.9 Å². The monoisotopic (exact) mass is 434 g/mol. The molecule has 28 heavy (non-hydrogen) atoms. The number of hydrogen-bond acceptors (Lipinski definition) is 6. The Labute approximate surface area is 171 Å². The number of sulfonamides is 1. The van der Waals surface area contributed by atoms with Crippen LogP contribution in [0.2, 0.25) is 5.02 Å². The van der Waals surface area contributed by atoms with Gasteiger partial charge in [-0.3, -0.25) is 0 Å². The number of halogens is 1. The average molecular weight is 435 g/mol. The van der Waals surface area contributed by atoms with Gasteiger partial charge in [0.05, 0.1) is 26.4 Å². The molecule has 9 heteroatoms. The van der Waals surface area contributed by atoms with Gasteiger partial charge in [0.15, 0.2) is 0 Å². The van der Waals surface area contributed by atoms with Crippen LogP contribution in [0.5, 0.6) is 0 Å². The summed E-state index contributed by atoms with van der Waals surface area (Å²) in [6.45, 7) is 0.0608. The third kappa shape index (κ3) is 4.51. The maximum Gasteiger partial charge on any atom is 0.338 e. The third-order valence-corrected chi connectivity index (χ3v) is 7.03. The molecule has 144 valence electrons. The number of carbonyl (C=O) groups is 1. The first kappa shape index (κ1) is 20.3. The molecule has 0 aliphatic heterocycles. The smallest absolute Gasteiger partial charge is 0.338 e. The maximum absolute atomic E-state index is 12.3. The van der Waals surface area contributed by atoms with Gasteiger partial charge in [-0.15, -0.1) is 11.3 Å². The molecule has 6 nitrogen and oxygen atoms in total. The molecule has 0 bridgehead atoms. The Morgan fingerprint density at radius 2 is 1.89 bits per heavy atom.